The molecule has 0 aliphatic heterocycles. The lowest BCUT2D eigenvalue weighted by Gasteiger charge is -2.16. The predicted octanol–water partition coefficient (Wildman–Crippen LogP) is 4.88. The second-order valence-electron chi connectivity index (χ2n) is 8.78. The molecule has 4 rings (SSSR count). The molecular formula is C29H29N3O4. The number of carbonyl (C=O) groups is 2. The lowest BCUT2D eigenvalue weighted by Crippen LogP contribution is -2.22. The number of anilines is 1. The van der Waals surface area contributed by atoms with E-state index in [1.54, 1.807) is 19.3 Å². The number of amides is 2. The molecule has 0 fully saturated rings. The van der Waals surface area contributed by atoms with E-state index < -0.39 is 0 Å². The molecule has 7 nitrogen and oxygen atoms in total. The van der Waals surface area contributed by atoms with E-state index >= 15 is 0 Å². The summed E-state index contributed by atoms with van der Waals surface area (Å²) in [7, 11) is 1.65. The number of benzene rings is 2. The first-order chi connectivity index (χ1) is 17.2. The molecule has 0 saturated heterocycles. The van der Waals surface area contributed by atoms with Gasteiger partial charge in [-0.3, -0.25) is 14.4 Å². The van der Waals surface area contributed by atoms with Gasteiger partial charge in [0.1, 0.15) is 0 Å². The Labute approximate surface area is 209 Å². The topological polar surface area (TPSA) is 93.3 Å². The van der Waals surface area contributed by atoms with Crippen molar-refractivity contribution in [2.24, 2.45) is 7.05 Å². The first-order valence-corrected chi connectivity index (χ1v) is 11.8. The number of furan rings is 1. The molecule has 0 bridgehead atoms. The molecule has 0 saturated carbocycles. The number of nitrogens with one attached hydrogen (secondary N) is 2. The molecule has 2 heterocycles. The molecule has 0 spiro atoms. The SMILES string of the molecule is C=CC(=O)Nc1ccc(Cc2c(C)cccc2C)c(-c2cn(C)c(=O)c3oc(C(=O)NCC)cc23)c1. The Kier molecular flexibility index (Phi) is 6.92. The van der Waals surface area contributed by atoms with Crippen molar-refractivity contribution in [2.45, 2.75) is 27.2 Å². The third-order valence-corrected chi connectivity index (χ3v) is 6.29. The van der Waals surface area contributed by atoms with Crippen LogP contribution in [0.3, 0.4) is 0 Å². The van der Waals surface area contributed by atoms with Gasteiger partial charge in [-0.2, -0.15) is 0 Å². The number of nitrogens with zero attached hydrogens (tertiary/aromatic N) is 1. The van der Waals surface area contributed by atoms with E-state index in [2.05, 4.69) is 43.2 Å². The van der Waals surface area contributed by atoms with E-state index in [1.807, 2.05) is 31.2 Å². The highest BCUT2D eigenvalue weighted by atomic mass is 16.4. The second-order valence-corrected chi connectivity index (χ2v) is 8.78. The summed E-state index contributed by atoms with van der Waals surface area (Å²) in [6, 6.07) is 13.5. The molecule has 184 valence electrons. The smallest absolute Gasteiger partial charge is 0.293 e. The van der Waals surface area contributed by atoms with E-state index in [9.17, 15) is 14.4 Å². The minimum atomic E-state index is -0.385. The fraction of sp³-hybridized carbons (Fsp3) is 0.207. The van der Waals surface area contributed by atoms with Crippen molar-refractivity contribution in [2.75, 3.05) is 11.9 Å². The highest BCUT2D eigenvalue weighted by molar-refractivity contribution is 6.02. The summed E-state index contributed by atoms with van der Waals surface area (Å²) < 4.78 is 7.18. The van der Waals surface area contributed by atoms with Crippen molar-refractivity contribution in [3.8, 4) is 11.1 Å². The Morgan fingerprint density at radius 2 is 1.81 bits per heavy atom. The molecule has 0 aliphatic carbocycles. The van der Waals surface area contributed by atoms with E-state index in [0.29, 0.717) is 24.0 Å². The van der Waals surface area contributed by atoms with Crippen molar-refractivity contribution in [1.82, 2.24) is 9.88 Å². The summed E-state index contributed by atoms with van der Waals surface area (Å²) in [4.78, 5) is 37.4. The standard InChI is InChI=1S/C29H29N3O4/c1-6-26(33)31-20-12-11-19(13-21-17(3)9-8-10-18(21)4)22(14-20)24-16-32(5)29(35)27-23(24)15-25(36-27)28(34)30-7-2/h6,8-12,14-16H,1,7,13H2,2-5H3,(H,30,34)(H,31,33). The maximum Gasteiger partial charge on any atom is 0.293 e. The summed E-state index contributed by atoms with van der Waals surface area (Å²) in [5.74, 6) is -0.635. The lowest BCUT2D eigenvalue weighted by molar-refractivity contribution is -0.111. The molecule has 0 aliphatic rings. The number of hydrogen-bond donors (Lipinski definition) is 2. The average molecular weight is 484 g/mol. The van der Waals surface area contributed by atoms with E-state index in [1.165, 1.54) is 27.3 Å². The van der Waals surface area contributed by atoms with Gasteiger partial charge >= 0.3 is 0 Å². The molecule has 0 unspecified atom stereocenters. The zero-order chi connectivity index (χ0) is 26.0. The van der Waals surface area contributed by atoms with Crippen molar-refractivity contribution in [3.63, 3.8) is 0 Å². The molecule has 2 N–H and O–H groups in total. The maximum absolute atomic E-state index is 12.9. The van der Waals surface area contributed by atoms with E-state index in [4.69, 9.17) is 4.42 Å². The van der Waals surface area contributed by atoms with E-state index in [-0.39, 0.29) is 28.7 Å². The number of aromatic nitrogens is 1. The van der Waals surface area contributed by atoms with Gasteiger partial charge in [0.05, 0.1) is 0 Å². The van der Waals surface area contributed by atoms with Crippen LogP contribution in [0.25, 0.3) is 22.1 Å². The number of hydrogen-bond acceptors (Lipinski definition) is 4. The van der Waals surface area contributed by atoms with Crippen LogP contribution in [0.5, 0.6) is 0 Å². The molecule has 4 aromatic rings. The van der Waals surface area contributed by atoms with Gasteiger partial charge < -0.3 is 19.6 Å². The minimum absolute atomic E-state index is 0.0730. The third-order valence-electron chi connectivity index (χ3n) is 6.29. The predicted molar refractivity (Wildman–Crippen MR) is 142 cm³/mol. The summed E-state index contributed by atoms with van der Waals surface area (Å²) in [6.07, 6.45) is 3.60. The number of carbonyl (C=O) groups excluding carboxylic acids is 2. The number of rotatable bonds is 7. The quantitative estimate of drug-likeness (QED) is 0.367. The van der Waals surface area contributed by atoms with Gasteiger partial charge in [0.15, 0.2) is 5.76 Å². The Morgan fingerprint density at radius 3 is 2.47 bits per heavy atom. The summed E-state index contributed by atoms with van der Waals surface area (Å²) in [6.45, 7) is 9.94. The second kappa shape index (κ2) is 10.1. The minimum Gasteiger partial charge on any atom is -0.445 e. The normalized spacial score (nSPS) is 10.9. The van der Waals surface area contributed by atoms with Crippen LogP contribution in [0.15, 0.2) is 70.5 Å². The van der Waals surface area contributed by atoms with Crippen molar-refractivity contribution >= 4 is 28.5 Å². The molecule has 0 radical (unpaired) electrons. The van der Waals surface area contributed by atoms with Gasteiger partial charge in [0, 0.05) is 36.4 Å². The van der Waals surface area contributed by atoms with Gasteiger partial charge in [0.25, 0.3) is 11.5 Å². The van der Waals surface area contributed by atoms with Gasteiger partial charge in [0.2, 0.25) is 11.5 Å². The van der Waals surface area contributed by atoms with Crippen LogP contribution in [-0.2, 0) is 18.3 Å². The molecular weight excluding hydrogens is 454 g/mol. The monoisotopic (exact) mass is 483 g/mol. The fourth-order valence-electron chi connectivity index (χ4n) is 4.38. The first-order valence-electron chi connectivity index (χ1n) is 11.8. The van der Waals surface area contributed by atoms with Crippen LogP contribution in [-0.4, -0.2) is 22.9 Å². The lowest BCUT2D eigenvalue weighted by atomic mass is 9.90. The molecule has 0 atom stereocenters. The fourth-order valence-corrected chi connectivity index (χ4v) is 4.38. The molecule has 36 heavy (non-hydrogen) atoms. The summed E-state index contributed by atoms with van der Waals surface area (Å²) >= 11 is 0. The van der Waals surface area contributed by atoms with Crippen LogP contribution >= 0.6 is 0 Å². The van der Waals surface area contributed by atoms with E-state index in [0.717, 1.165) is 16.7 Å². The van der Waals surface area contributed by atoms with Crippen molar-refractivity contribution in [1.29, 1.82) is 0 Å². The van der Waals surface area contributed by atoms with Crippen LogP contribution in [0, 0.1) is 13.8 Å². The molecule has 7 heteroatoms. The van der Waals surface area contributed by atoms with Crippen molar-refractivity contribution < 1.29 is 14.0 Å². The number of pyridine rings is 1. The molecule has 2 aromatic heterocycles. The van der Waals surface area contributed by atoms with Gasteiger partial charge in [-0.1, -0.05) is 30.8 Å². The Hall–Kier alpha value is -4.39. The Balaban J connectivity index is 1.97. The Bertz CT molecular complexity index is 1540. The van der Waals surface area contributed by atoms with Crippen LogP contribution in [0.1, 0.15) is 39.7 Å². The molecule has 2 aromatic carbocycles. The van der Waals surface area contributed by atoms with Gasteiger partial charge in [-0.25, -0.2) is 0 Å². The van der Waals surface area contributed by atoms with Crippen LogP contribution in [0.2, 0.25) is 0 Å². The van der Waals surface area contributed by atoms with Crippen LogP contribution < -0.4 is 16.2 Å². The van der Waals surface area contributed by atoms with Crippen LogP contribution in [0.4, 0.5) is 5.69 Å². The third kappa shape index (κ3) is 4.73. The average Bonchev–Trinajstić information content (AvgIpc) is 3.30. The first kappa shape index (κ1) is 24.7. The maximum atomic E-state index is 12.9. The summed E-state index contributed by atoms with van der Waals surface area (Å²) in [5, 5.41) is 6.06. The zero-order valence-electron chi connectivity index (χ0n) is 20.9. The van der Waals surface area contributed by atoms with Crippen molar-refractivity contribution in [3.05, 3.63) is 99.7 Å². The number of aryl methyl sites for hydroxylation is 3. The summed E-state index contributed by atoms with van der Waals surface area (Å²) in [5.41, 5.74) is 6.48. The number of fused-ring (bicyclic) bond motifs is 1. The molecule has 2 amide bonds. The Morgan fingerprint density at radius 1 is 1.08 bits per heavy atom. The van der Waals surface area contributed by atoms with Gasteiger partial charge in [-0.15, -0.1) is 0 Å². The van der Waals surface area contributed by atoms with Gasteiger partial charge in [-0.05, 0) is 79.3 Å². The highest BCUT2D eigenvalue weighted by Gasteiger charge is 2.20. The largest absolute Gasteiger partial charge is 0.445 e. The zero-order valence-corrected chi connectivity index (χ0v) is 20.9. The highest BCUT2D eigenvalue weighted by Crippen LogP contribution is 2.35.